The average Bonchev–Trinajstić information content (AvgIpc) is 3.07. The molecule has 2 aromatic carbocycles. The summed E-state index contributed by atoms with van der Waals surface area (Å²) < 4.78 is 0. The Morgan fingerprint density at radius 1 is 1.05 bits per heavy atom. The van der Waals surface area contributed by atoms with Crippen LogP contribution in [0.1, 0.15) is 18.1 Å². The summed E-state index contributed by atoms with van der Waals surface area (Å²) in [6.07, 6.45) is 1.99. The molecule has 0 saturated carbocycles. The van der Waals surface area contributed by atoms with E-state index < -0.39 is 0 Å². The number of hydrogen-bond acceptors (Lipinski definition) is 2. The van der Waals surface area contributed by atoms with E-state index in [9.17, 15) is 4.79 Å². The number of nitrogens with zero attached hydrogens (tertiary/aromatic N) is 2. The number of para-hydroxylation sites is 2. The summed E-state index contributed by atoms with van der Waals surface area (Å²) in [4.78, 5) is 17.1. The molecule has 1 atom stereocenters. The van der Waals surface area contributed by atoms with E-state index in [1.54, 1.807) is 0 Å². The van der Waals surface area contributed by atoms with Crippen LogP contribution in [0.4, 0.5) is 11.4 Å². The van der Waals surface area contributed by atoms with Crippen molar-refractivity contribution in [2.24, 2.45) is 0 Å². The fraction of sp³-hybridized carbons (Fsp3) is 0.316. The van der Waals surface area contributed by atoms with Crippen molar-refractivity contribution in [2.75, 3.05) is 22.9 Å². The average molecular weight is 292 g/mol. The number of anilines is 2. The lowest BCUT2D eigenvalue weighted by atomic mass is 10.1. The smallest absolute Gasteiger partial charge is 0.246 e. The molecule has 0 saturated heterocycles. The highest BCUT2D eigenvalue weighted by atomic mass is 16.2. The van der Waals surface area contributed by atoms with E-state index >= 15 is 0 Å². The van der Waals surface area contributed by atoms with Gasteiger partial charge >= 0.3 is 0 Å². The van der Waals surface area contributed by atoms with Gasteiger partial charge in [-0.2, -0.15) is 0 Å². The van der Waals surface area contributed by atoms with Crippen LogP contribution in [0.2, 0.25) is 0 Å². The summed E-state index contributed by atoms with van der Waals surface area (Å²) in [6.45, 7) is 3.54. The monoisotopic (exact) mass is 292 g/mol. The molecule has 3 heteroatoms. The Kier molecular flexibility index (Phi) is 3.14. The summed E-state index contributed by atoms with van der Waals surface area (Å²) in [5.41, 5.74) is 4.94. The van der Waals surface area contributed by atoms with Gasteiger partial charge in [0.25, 0.3) is 0 Å². The molecule has 1 unspecified atom stereocenters. The number of fused-ring (bicyclic) bond motifs is 2. The Morgan fingerprint density at radius 3 is 2.55 bits per heavy atom. The number of benzene rings is 2. The largest absolute Gasteiger partial charge is 0.362 e. The molecule has 2 aromatic rings. The molecule has 0 aliphatic carbocycles. The predicted octanol–water partition coefficient (Wildman–Crippen LogP) is 3.03. The molecule has 0 spiro atoms. The van der Waals surface area contributed by atoms with Crippen LogP contribution < -0.4 is 9.80 Å². The first-order valence-electron chi connectivity index (χ1n) is 7.97. The SMILES string of the molecule is CC1Cc2ccccc2N1C(=O)CN1CCc2ccccc21. The Morgan fingerprint density at radius 2 is 1.73 bits per heavy atom. The molecular formula is C19H20N2O. The number of carbonyl (C=O) groups is 1. The third kappa shape index (κ3) is 2.08. The van der Waals surface area contributed by atoms with Crippen LogP contribution in [0, 0.1) is 0 Å². The Bertz CT molecular complexity index is 725. The van der Waals surface area contributed by atoms with Gasteiger partial charge in [-0.25, -0.2) is 0 Å². The molecule has 0 bridgehead atoms. The zero-order valence-electron chi connectivity index (χ0n) is 12.8. The molecule has 2 aliphatic rings. The van der Waals surface area contributed by atoms with Crippen molar-refractivity contribution in [1.29, 1.82) is 0 Å². The van der Waals surface area contributed by atoms with E-state index in [2.05, 4.69) is 54.3 Å². The van der Waals surface area contributed by atoms with E-state index in [0.717, 1.165) is 25.1 Å². The van der Waals surface area contributed by atoms with Gasteiger partial charge in [-0.3, -0.25) is 4.79 Å². The zero-order chi connectivity index (χ0) is 15.1. The Hall–Kier alpha value is -2.29. The van der Waals surface area contributed by atoms with Crippen molar-refractivity contribution in [2.45, 2.75) is 25.8 Å². The number of carbonyl (C=O) groups excluding carboxylic acids is 1. The van der Waals surface area contributed by atoms with Crippen LogP contribution in [-0.2, 0) is 17.6 Å². The maximum atomic E-state index is 12.9. The van der Waals surface area contributed by atoms with E-state index in [4.69, 9.17) is 0 Å². The molecule has 0 N–H and O–H groups in total. The van der Waals surface area contributed by atoms with Gasteiger partial charge in [-0.15, -0.1) is 0 Å². The van der Waals surface area contributed by atoms with Gasteiger partial charge in [-0.1, -0.05) is 36.4 Å². The minimum absolute atomic E-state index is 0.203. The fourth-order valence-electron chi connectivity index (χ4n) is 3.76. The lowest BCUT2D eigenvalue weighted by molar-refractivity contribution is -0.117. The van der Waals surface area contributed by atoms with Crippen molar-refractivity contribution in [3.63, 3.8) is 0 Å². The second-order valence-electron chi connectivity index (χ2n) is 6.25. The second-order valence-corrected chi connectivity index (χ2v) is 6.25. The molecule has 112 valence electrons. The maximum Gasteiger partial charge on any atom is 0.246 e. The number of hydrogen-bond donors (Lipinski definition) is 0. The van der Waals surface area contributed by atoms with E-state index in [1.165, 1.54) is 16.8 Å². The molecule has 3 nitrogen and oxygen atoms in total. The van der Waals surface area contributed by atoms with Gasteiger partial charge in [0.1, 0.15) is 0 Å². The minimum Gasteiger partial charge on any atom is -0.362 e. The van der Waals surface area contributed by atoms with Crippen LogP contribution in [0.15, 0.2) is 48.5 Å². The van der Waals surface area contributed by atoms with Gasteiger partial charge in [0.15, 0.2) is 0 Å². The van der Waals surface area contributed by atoms with Crippen LogP contribution in [0.3, 0.4) is 0 Å². The van der Waals surface area contributed by atoms with Crippen LogP contribution >= 0.6 is 0 Å². The third-order valence-electron chi connectivity index (χ3n) is 4.79. The number of amides is 1. The standard InChI is InChI=1S/C19H20N2O/c1-14-12-16-7-3-5-9-18(16)21(14)19(22)13-20-11-10-15-6-2-4-8-17(15)20/h2-9,14H,10-13H2,1H3. The summed E-state index contributed by atoms with van der Waals surface area (Å²) in [5.74, 6) is 0.203. The molecule has 2 aliphatic heterocycles. The predicted molar refractivity (Wildman–Crippen MR) is 89.5 cm³/mol. The Balaban J connectivity index is 1.57. The van der Waals surface area contributed by atoms with Crippen molar-refractivity contribution < 1.29 is 4.79 Å². The summed E-state index contributed by atoms with van der Waals surface area (Å²) >= 11 is 0. The molecule has 22 heavy (non-hydrogen) atoms. The summed E-state index contributed by atoms with van der Waals surface area (Å²) in [6, 6.07) is 16.9. The highest BCUT2D eigenvalue weighted by Gasteiger charge is 2.32. The first-order chi connectivity index (χ1) is 10.7. The normalized spacial score (nSPS) is 19.2. The third-order valence-corrected chi connectivity index (χ3v) is 4.79. The van der Waals surface area contributed by atoms with E-state index in [-0.39, 0.29) is 11.9 Å². The molecular weight excluding hydrogens is 272 g/mol. The zero-order valence-corrected chi connectivity index (χ0v) is 12.8. The van der Waals surface area contributed by atoms with Crippen LogP contribution in [0.5, 0.6) is 0 Å². The molecule has 1 amide bonds. The van der Waals surface area contributed by atoms with Gasteiger partial charge < -0.3 is 9.80 Å². The molecule has 0 aromatic heterocycles. The van der Waals surface area contributed by atoms with E-state index in [0.29, 0.717) is 6.54 Å². The van der Waals surface area contributed by atoms with Crippen molar-refractivity contribution in [3.8, 4) is 0 Å². The van der Waals surface area contributed by atoms with Gasteiger partial charge in [0.2, 0.25) is 5.91 Å². The highest BCUT2D eigenvalue weighted by Crippen LogP contribution is 2.33. The van der Waals surface area contributed by atoms with Gasteiger partial charge in [-0.05, 0) is 43.0 Å². The minimum atomic E-state index is 0.203. The molecule has 4 rings (SSSR count). The lowest BCUT2D eigenvalue weighted by Gasteiger charge is -2.26. The summed E-state index contributed by atoms with van der Waals surface area (Å²) in [5, 5.41) is 0. The highest BCUT2D eigenvalue weighted by molar-refractivity contribution is 5.99. The van der Waals surface area contributed by atoms with Crippen molar-refractivity contribution in [3.05, 3.63) is 59.7 Å². The quantitative estimate of drug-likeness (QED) is 0.849. The van der Waals surface area contributed by atoms with Gasteiger partial charge in [0.05, 0.1) is 6.54 Å². The molecule has 0 radical (unpaired) electrons. The van der Waals surface area contributed by atoms with Crippen molar-refractivity contribution >= 4 is 17.3 Å². The lowest BCUT2D eigenvalue weighted by Crippen LogP contribution is -2.42. The maximum absolute atomic E-state index is 12.9. The summed E-state index contributed by atoms with van der Waals surface area (Å²) in [7, 11) is 0. The first-order valence-corrected chi connectivity index (χ1v) is 7.97. The van der Waals surface area contributed by atoms with Crippen LogP contribution in [0.25, 0.3) is 0 Å². The fourth-order valence-corrected chi connectivity index (χ4v) is 3.76. The van der Waals surface area contributed by atoms with Crippen molar-refractivity contribution in [1.82, 2.24) is 0 Å². The molecule has 0 fully saturated rings. The van der Waals surface area contributed by atoms with Gasteiger partial charge in [0, 0.05) is 24.0 Å². The second kappa shape index (κ2) is 5.16. The van der Waals surface area contributed by atoms with Crippen LogP contribution in [-0.4, -0.2) is 25.0 Å². The topological polar surface area (TPSA) is 23.6 Å². The Labute approximate surface area is 131 Å². The first kappa shape index (κ1) is 13.4. The van der Waals surface area contributed by atoms with E-state index in [1.807, 2.05) is 11.0 Å². The number of rotatable bonds is 2. The molecule has 2 heterocycles.